The normalized spacial score (nSPS) is 14.1. The molecule has 0 unspecified atom stereocenters. The fourth-order valence-electron chi connectivity index (χ4n) is 1.96. The summed E-state index contributed by atoms with van der Waals surface area (Å²) in [5, 5.41) is 9.62. The van der Waals surface area contributed by atoms with Crippen LogP contribution in [0, 0.1) is 0 Å². The lowest BCUT2D eigenvalue weighted by molar-refractivity contribution is 0.101. The second kappa shape index (κ2) is 4.96. The Kier molecular flexibility index (Phi) is 3.14. The summed E-state index contributed by atoms with van der Waals surface area (Å²) in [7, 11) is 3.91. The van der Waals surface area contributed by atoms with Crippen LogP contribution in [0.2, 0.25) is 0 Å². The summed E-state index contributed by atoms with van der Waals surface area (Å²) in [5.41, 5.74) is 1.76. The smallest absolute Gasteiger partial charge is 0.295 e. The van der Waals surface area contributed by atoms with Crippen LogP contribution >= 0.6 is 0 Å². The molecular formula is C14H17N5O. The third-order valence-electron chi connectivity index (χ3n) is 3.29. The number of hydrogen-bond donors (Lipinski definition) is 2. The predicted octanol–water partition coefficient (Wildman–Crippen LogP) is 2.00. The molecule has 1 saturated carbocycles. The van der Waals surface area contributed by atoms with Gasteiger partial charge in [0.15, 0.2) is 0 Å². The zero-order valence-corrected chi connectivity index (χ0v) is 11.6. The highest BCUT2D eigenvalue weighted by Crippen LogP contribution is 2.37. The van der Waals surface area contributed by atoms with E-state index in [0.717, 1.165) is 30.0 Å². The Bertz CT molecular complexity index is 630. The Labute approximate surface area is 117 Å². The molecule has 1 aliphatic rings. The monoisotopic (exact) mass is 271 g/mol. The van der Waals surface area contributed by atoms with Crippen molar-refractivity contribution in [3.63, 3.8) is 0 Å². The lowest BCUT2D eigenvalue weighted by atomic mass is 10.2. The van der Waals surface area contributed by atoms with Gasteiger partial charge in [-0.05, 0) is 31.0 Å². The minimum absolute atomic E-state index is 0.196. The van der Waals surface area contributed by atoms with Crippen LogP contribution in [0.15, 0.2) is 24.3 Å². The van der Waals surface area contributed by atoms with E-state index in [1.807, 2.05) is 43.3 Å². The van der Waals surface area contributed by atoms with Gasteiger partial charge in [-0.25, -0.2) is 4.98 Å². The molecular weight excluding hydrogens is 254 g/mol. The third kappa shape index (κ3) is 2.64. The van der Waals surface area contributed by atoms with Crippen molar-refractivity contribution in [3.05, 3.63) is 35.9 Å². The molecule has 0 saturated heterocycles. The van der Waals surface area contributed by atoms with E-state index in [9.17, 15) is 4.79 Å². The predicted molar refractivity (Wildman–Crippen MR) is 77.1 cm³/mol. The molecule has 1 aliphatic carbocycles. The number of rotatable bonds is 4. The van der Waals surface area contributed by atoms with Crippen LogP contribution in [0.1, 0.15) is 35.2 Å². The van der Waals surface area contributed by atoms with Crippen LogP contribution in [0.25, 0.3) is 0 Å². The number of carbonyl (C=O) groups is 1. The molecule has 0 bridgehead atoms. The topological polar surface area (TPSA) is 73.9 Å². The molecule has 0 spiro atoms. The molecule has 3 rings (SSSR count). The van der Waals surface area contributed by atoms with Crippen molar-refractivity contribution in [2.24, 2.45) is 0 Å². The molecule has 6 heteroatoms. The molecule has 2 aromatic rings. The second-order valence-electron chi connectivity index (χ2n) is 5.22. The van der Waals surface area contributed by atoms with Crippen molar-refractivity contribution in [3.8, 4) is 0 Å². The Morgan fingerprint density at radius 1 is 1.40 bits per heavy atom. The van der Waals surface area contributed by atoms with Gasteiger partial charge in [0, 0.05) is 31.4 Å². The Balaban J connectivity index is 1.72. The molecule has 0 aliphatic heterocycles. The minimum Gasteiger partial charge on any atom is -0.378 e. The molecule has 1 aromatic heterocycles. The highest BCUT2D eigenvalue weighted by molar-refractivity contribution is 6.01. The van der Waals surface area contributed by atoms with Crippen molar-refractivity contribution in [2.45, 2.75) is 18.8 Å². The largest absolute Gasteiger partial charge is 0.378 e. The van der Waals surface area contributed by atoms with E-state index in [0.29, 0.717) is 5.92 Å². The molecule has 20 heavy (non-hydrogen) atoms. The summed E-state index contributed by atoms with van der Waals surface area (Å²) in [5.74, 6) is 1.18. The zero-order valence-electron chi connectivity index (χ0n) is 11.6. The number of aromatic amines is 1. The highest BCUT2D eigenvalue weighted by Gasteiger charge is 2.28. The summed E-state index contributed by atoms with van der Waals surface area (Å²) in [6.45, 7) is 0. The minimum atomic E-state index is -0.288. The second-order valence-corrected chi connectivity index (χ2v) is 5.22. The van der Waals surface area contributed by atoms with Gasteiger partial charge in [-0.15, -0.1) is 5.10 Å². The molecule has 1 fully saturated rings. The van der Waals surface area contributed by atoms with Crippen molar-refractivity contribution < 1.29 is 4.79 Å². The first kappa shape index (κ1) is 12.7. The van der Waals surface area contributed by atoms with E-state index >= 15 is 0 Å². The quantitative estimate of drug-likeness (QED) is 0.892. The first-order valence-electron chi connectivity index (χ1n) is 6.64. The van der Waals surface area contributed by atoms with Crippen molar-refractivity contribution in [1.82, 2.24) is 15.2 Å². The fraction of sp³-hybridized carbons (Fsp3) is 0.357. The lowest BCUT2D eigenvalue weighted by Crippen LogP contribution is -2.15. The van der Waals surface area contributed by atoms with Crippen LogP contribution in [0.3, 0.4) is 0 Å². The number of H-pyrrole nitrogens is 1. The Morgan fingerprint density at radius 3 is 2.90 bits per heavy atom. The number of amides is 1. The van der Waals surface area contributed by atoms with E-state index in [2.05, 4.69) is 20.5 Å². The number of nitrogens with one attached hydrogen (secondary N) is 2. The van der Waals surface area contributed by atoms with Gasteiger partial charge in [0.2, 0.25) is 5.82 Å². The fourth-order valence-corrected chi connectivity index (χ4v) is 1.96. The Morgan fingerprint density at radius 2 is 2.20 bits per heavy atom. The van der Waals surface area contributed by atoms with Crippen molar-refractivity contribution in [2.75, 3.05) is 24.3 Å². The number of nitrogens with zero attached hydrogens (tertiary/aromatic N) is 3. The van der Waals surface area contributed by atoms with Crippen molar-refractivity contribution >= 4 is 17.3 Å². The standard InChI is InChI=1S/C14H17N5O/c1-19(2)11-5-3-4-10(8-11)15-14(20)13-16-12(17-18-13)9-6-7-9/h3-5,8-9H,6-7H2,1-2H3,(H,15,20)(H,16,17,18). The van der Waals surface area contributed by atoms with Crippen LogP contribution in [0.5, 0.6) is 0 Å². The summed E-state index contributed by atoms with van der Waals surface area (Å²) in [4.78, 5) is 18.3. The van der Waals surface area contributed by atoms with Gasteiger partial charge in [0.05, 0.1) is 0 Å². The highest BCUT2D eigenvalue weighted by atomic mass is 16.2. The van der Waals surface area contributed by atoms with Crippen LogP contribution < -0.4 is 10.2 Å². The molecule has 2 N–H and O–H groups in total. The number of carbonyl (C=O) groups excluding carboxylic acids is 1. The van der Waals surface area contributed by atoms with E-state index in [4.69, 9.17) is 0 Å². The Hall–Kier alpha value is -2.37. The first-order chi connectivity index (χ1) is 9.63. The van der Waals surface area contributed by atoms with Crippen LogP contribution in [-0.2, 0) is 0 Å². The van der Waals surface area contributed by atoms with Gasteiger partial charge in [0.1, 0.15) is 5.82 Å². The van der Waals surface area contributed by atoms with E-state index < -0.39 is 0 Å². The number of aromatic nitrogens is 3. The van der Waals surface area contributed by atoms with E-state index in [1.165, 1.54) is 0 Å². The number of benzene rings is 1. The third-order valence-corrected chi connectivity index (χ3v) is 3.29. The van der Waals surface area contributed by atoms with Gasteiger partial charge in [-0.3, -0.25) is 9.89 Å². The molecule has 6 nitrogen and oxygen atoms in total. The van der Waals surface area contributed by atoms with Gasteiger partial charge in [-0.1, -0.05) is 6.07 Å². The average Bonchev–Trinajstić information content (AvgIpc) is 3.16. The van der Waals surface area contributed by atoms with E-state index in [1.54, 1.807) is 0 Å². The molecule has 1 amide bonds. The first-order valence-corrected chi connectivity index (χ1v) is 6.64. The molecule has 1 aromatic carbocycles. The maximum absolute atomic E-state index is 12.1. The van der Waals surface area contributed by atoms with Gasteiger partial charge < -0.3 is 10.2 Å². The SMILES string of the molecule is CN(C)c1cccc(NC(=O)c2n[nH]c(C3CC3)n2)c1. The van der Waals surface area contributed by atoms with Crippen molar-refractivity contribution in [1.29, 1.82) is 0 Å². The van der Waals surface area contributed by atoms with Gasteiger partial charge in [-0.2, -0.15) is 0 Å². The molecule has 0 radical (unpaired) electrons. The summed E-state index contributed by atoms with van der Waals surface area (Å²) < 4.78 is 0. The molecule has 104 valence electrons. The van der Waals surface area contributed by atoms with Crippen LogP contribution in [-0.4, -0.2) is 35.2 Å². The number of anilines is 2. The number of hydrogen-bond acceptors (Lipinski definition) is 4. The zero-order chi connectivity index (χ0) is 14.1. The molecule has 0 atom stereocenters. The summed E-state index contributed by atoms with van der Waals surface area (Å²) in [6.07, 6.45) is 2.25. The van der Waals surface area contributed by atoms with E-state index in [-0.39, 0.29) is 11.7 Å². The average molecular weight is 271 g/mol. The lowest BCUT2D eigenvalue weighted by Gasteiger charge is -2.13. The van der Waals surface area contributed by atoms with Crippen LogP contribution in [0.4, 0.5) is 11.4 Å². The summed E-state index contributed by atoms with van der Waals surface area (Å²) in [6, 6.07) is 7.64. The molecule has 1 heterocycles. The summed E-state index contributed by atoms with van der Waals surface area (Å²) >= 11 is 0. The van der Waals surface area contributed by atoms with Gasteiger partial charge in [0.25, 0.3) is 5.91 Å². The maximum Gasteiger partial charge on any atom is 0.295 e. The van der Waals surface area contributed by atoms with Gasteiger partial charge >= 0.3 is 0 Å². The maximum atomic E-state index is 12.1.